The van der Waals surface area contributed by atoms with Crippen molar-refractivity contribution >= 4 is 5.95 Å². The highest BCUT2D eigenvalue weighted by Gasteiger charge is 2.30. The van der Waals surface area contributed by atoms with Crippen molar-refractivity contribution in [2.24, 2.45) is 0 Å². The highest BCUT2D eigenvalue weighted by atomic mass is 15.3. The van der Waals surface area contributed by atoms with Crippen LogP contribution in [0.2, 0.25) is 0 Å². The fraction of sp³-hybridized carbons (Fsp3) is 0.786. The first-order chi connectivity index (χ1) is 8.33. The fourth-order valence-electron chi connectivity index (χ4n) is 3.35. The molecule has 0 fully saturated rings. The summed E-state index contributed by atoms with van der Waals surface area (Å²) < 4.78 is 2.51. The van der Waals surface area contributed by atoms with Crippen LogP contribution in [0.15, 0.2) is 0 Å². The second kappa shape index (κ2) is 4.35. The topological polar surface area (TPSA) is 29.9 Å². The first-order valence-electron chi connectivity index (χ1n) is 7.20. The molecule has 17 heavy (non-hydrogen) atoms. The first-order valence-corrected chi connectivity index (χ1v) is 7.20. The summed E-state index contributed by atoms with van der Waals surface area (Å²) >= 11 is 0. The Kier molecular flexibility index (Phi) is 2.85. The van der Waals surface area contributed by atoms with Crippen LogP contribution in [0.25, 0.3) is 0 Å². The van der Waals surface area contributed by atoms with E-state index in [1.54, 1.807) is 0 Å². The number of nitrogens with zero attached hydrogens (tertiary/aromatic N) is 2. The van der Waals surface area contributed by atoms with Crippen LogP contribution in [0.5, 0.6) is 0 Å². The Labute approximate surface area is 104 Å². The molecule has 0 saturated heterocycles. The minimum atomic E-state index is 0.622. The molecular weight excluding hydrogens is 210 g/mol. The van der Waals surface area contributed by atoms with Gasteiger partial charge >= 0.3 is 0 Å². The molecule has 2 aliphatic rings. The zero-order valence-corrected chi connectivity index (χ0v) is 11.0. The first kappa shape index (κ1) is 11.1. The van der Waals surface area contributed by atoms with Crippen molar-refractivity contribution in [3.05, 3.63) is 11.4 Å². The lowest BCUT2D eigenvalue weighted by atomic mass is 9.97. The number of fused-ring (bicyclic) bond motifs is 3. The Morgan fingerprint density at radius 3 is 2.82 bits per heavy atom. The van der Waals surface area contributed by atoms with Gasteiger partial charge in [-0.2, -0.15) is 0 Å². The third-order valence-corrected chi connectivity index (χ3v) is 4.39. The molecule has 3 heteroatoms. The molecule has 0 spiro atoms. The number of hydrogen-bond donors (Lipinski definition) is 1. The van der Waals surface area contributed by atoms with Gasteiger partial charge in [0, 0.05) is 17.8 Å². The number of rotatable bonds is 2. The van der Waals surface area contributed by atoms with Gasteiger partial charge in [0.05, 0.1) is 5.69 Å². The Balaban J connectivity index is 2.01. The van der Waals surface area contributed by atoms with Gasteiger partial charge in [0.15, 0.2) is 0 Å². The molecule has 2 atom stereocenters. The normalized spacial score (nSPS) is 27.2. The maximum absolute atomic E-state index is 4.84. The molecule has 1 N–H and O–H groups in total. The lowest BCUT2D eigenvalue weighted by Crippen LogP contribution is -2.32. The number of nitrogens with one attached hydrogen (secondary N) is 1. The summed E-state index contributed by atoms with van der Waals surface area (Å²) in [7, 11) is 0. The fourth-order valence-corrected chi connectivity index (χ4v) is 3.35. The molecule has 1 aromatic rings. The third-order valence-electron chi connectivity index (χ3n) is 4.39. The molecule has 0 amide bonds. The molecule has 2 unspecified atom stereocenters. The largest absolute Gasteiger partial charge is 0.353 e. The summed E-state index contributed by atoms with van der Waals surface area (Å²) in [6.07, 6.45) is 8.77. The molecule has 94 valence electrons. The number of imidazole rings is 1. The molecule has 0 bridgehead atoms. The van der Waals surface area contributed by atoms with E-state index in [9.17, 15) is 0 Å². The molecule has 2 heterocycles. The number of anilines is 1. The summed E-state index contributed by atoms with van der Waals surface area (Å²) in [4.78, 5) is 4.84. The zero-order chi connectivity index (χ0) is 11.8. The maximum Gasteiger partial charge on any atom is 0.203 e. The van der Waals surface area contributed by atoms with Gasteiger partial charge in [-0.1, -0.05) is 13.8 Å². The van der Waals surface area contributed by atoms with Crippen LogP contribution < -0.4 is 5.32 Å². The van der Waals surface area contributed by atoms with E-state index < -0.39 is 0 Å². The van der Waals surface area contributed by atoms with E-state index in [1.165, 1.54) is 56.3 Å². The van der Waals surface area contributed by atoms with E-state index in [-0.39, 0.29) is 0 Å². The molecule has 3 nitrogen and oxygen atoms in total. The molecule has 0 saturated carbocycles. The molecule has 3 rings (SSSR count). The Morgan fingerprint density at radius 1 is 1.24 bits per heavy atom. The molecule has 0 radical (unpaired) electrons. The van der Waals surface area contributed by atoms with Gasteiger partial charge in [-0.25, -0.2) is 4.98 Å². The Morgan fingerprint density at radius 2 is 2.06 bits per heavy atom. The molecule has 1 aliphatic carbocycles. The second-order valence-electron chi connectivity index (χ2n) is 5.45. The summed E-state index contributed by atoms with van der Waals surface area (Å²) in [6.45, 7) is 4.57. The second-order valence-corrected chi connectivity index (χ2v) is 5.45. The van der Waals surface area contributed by atoms with Crippen molar-refractivity contribution in [1.82, 2.24) is 9.55 Å². The highest BCUT2D eigenvalue weighted by molar-refractivity contribution is 5.39. The van der Waals surface area contributed by atoms with Gasteiger partial charge < -0.3 is 9.88 Å². The Bertz CT molecular complexity index is 408. The van der Waals surface area contributed by atoms with Gasteiger partial charge in [-0.15, -0.1) is 0 Å². The molecule has 1 aliphatic heterocycles. The molecule has 0 aromatic carbocycles. The number of hydrogen-bond acceptors (Lipinski definition) is 2. The zero-order valence-electron chi connectivity index (χ0n) is 11.0. The van der Waals surface area contributed by atoms with Gasteiger partial charge in [0.1, 0.15) is 0 Å². The van der Waals surface area contributed by atoms with E-state index in [2.05, 4.69) is 23.7 Å². The Hall–Kier alpha value is -0.990. The minimum absolute atomic E-state index is 0.622. The third kappa shape index (κ3) is 1.76. The van der Waals surface area contributed by atoms with Crippen LogP contribution in [0.3, 0.4) is 0 Å². The maximum atomic E-state index is 4.84. The highest BCUT2D eigenvalue weighted by Crippen LogP contribution is 2.35. The van der Waals surface area contributed by atoms with Crippen LogP contribution in [-0.4, -0.2) is 15.6 Å². The smallest absolute Gasteiger partial charge is 0.203 e. The SMILES string of the molecule is CCC1CC(CC)n2c(nc3c2CCCC3)N1. The van der Waals surface area contributed by atoms with Gasteiger partial charge in [-0.3, -0.25) is 0 Å². The van der Waals surface area contributed by atoms with Crippen molar-refractivity contribution < 1.29 is 0 Å². The van der Waals surface area contributed by atoms with Crippen molar-refractivity contribution in [3.8, 4) is 0 Å². The van der Waals surface area contributed by atoms with E-state index in [0.29, 0.717) is 12.1 Å². The molecule has 1 aromatic heterocycles. The van der Waals surface area contributed by atoms with Gasteiger partial charge in [-0.05, 0) is 44.9 Å². The number of aryl methyl sites for hydroxylation is 1. The standard InChI is InChI=1S/C14H23N3/c1-3-10-9-11(4-2)17-13-8-6-5-7-12(13)16-14(17)15-10/h10-11H,3-9H2,1-2H3,(H,15,16). The predicted octanol–water partition coefficient (Wildman–Crippen LogP) is 3.31. The predicted molar refractivity (Wildman–Crippen MR) is 70.5 cm³/mol. The van der Waals surface area contributed by atoms with Gasteiger partial charge in [0.25, 0.3) is 0 Å². The van der Waals surface area contributed by atoms with Gasteiger partial charge in [0.2, 0.25) is 5.95 Å². The van der Waals surface area contributed by atoms with Crippen molar-refractivity contribution in [1.29, 1.82) is 0 Å². The summed E-state index contributed by atoms with van der Waals surface area (Å²) in [5.41, 5.74) is 2.90. The summed E-state index contributed by atoms with van der Waals surface area (Å²) in [5.74, 6) is 1.15. The van der Waals surface area contributed by atoms with Crippen LogP contribution >= 0.6 is 0 Å². The van der Waals surface area contributed by atoms with E-state index in [0.717, 1.165) is 5.95 Å². The quantitative estimate of drug-likeness (QED) is 0.849. The monoisotopic (exact) mass is 233 g/mol. The van der Waals surface area contributed by atoms with Crippen LogP contribution in [0.1, 0.15) is 63.4 Å². The average molecular weight is 233 g/mol. The van der Waals surface area contributed by atoms with Crippen LogP contribution in [-0.2, 0) is 12.8 Å². The van der Waals surface area contributed by atoms with Crippen LogP contribution in [0.4, 0.5) is 5.95 Å². The lowest BCUT2D eigenvalue weighted by Gasteiger charge is -2.33. The van der Waals surface area contributed by atoms with Crippen molar-refractivity contribution in [3.63, 3.8) is 0 Å². The summed E-state index contributed by atoms with van der Waals surface area (Å²) in [5, 5.41) is 3.62. The number of aromatic nitrogens is 2. The van der Waals surface area contributed by atoms with E-state index >= 15 is 0 Å². The molecular formula is C14H23N3. The minimum Gasteiger partial charge on any atom is -0.353 e. The van der Waals surface area contributed by atoms with E-state index in [4.69, 9.17) is 4.98 Å². The lowest BCUT2D eigenvalue weighted by molar-refractivity contribution is 0.379. The van der Waals surface area contributed by atoms with Crippen LogP contribution in [0, 0.1) is 0 Å². The van der Waals surface area contributed by atoms with E-state index in [1.807, 2.05) is 0 Å². The summed E-state index contributed by atoms with van der Waals surface area (Å²) in [6, 6.07) is 1.29. The van der Waals surface area contributed by atoms with Crippen molar-refractivity contribution in [2.75, 3.05) is 5.32 Å². The average Bonchev–Trinajstić information content (AvgIpc) is 2.75. The van der Waals surface area contributed by atoms with Crippen molar-refractivity contribution in [2.45, 2.75) is 70.9 Å².